The molecule has 8 nitrogen and oxygen atoms in total. The lowest BCUT2D eigenvalue weighted by Crippen LogP contribution is -2.42. The molecular formula is C17H29N5O3. The SMILES string of the molecule is CC(C)Nc1ncc(CN2C[C@H]3COC[C@@H]2CN(C)C3)cn1.O=CO. The van der Waals surface area contributed by atoms with Gasteiger partial charge in [0.15, 0.2) is 0 Å². The number of aromatic nitrogens is 2. The minimum absolute atomic E-state index is 0.250. The quantitative estimate of drug-likeness (QED) is 0.769. The van der Waals surface area contributed by atoms with Gasteiger partial charge in [0.05, 0.1) is 13.2 Å². The van der Waals surface area contributed by atoms with Gasteiger partial charge in [-0.3, -0.25) is 9.69 Å². The first-order valence-electron chi connectivity index (χ1n) is 8.67. The number of likely N-dealkylation sites (N-methyl/N-ethyl adjacent to an activating group) is 1. The van der Waals surface area contributed by atoms with Crippen molar-refractivity contribution in [2.45, 2.75) is 32.5 Å². The molecule has 0 amide bonds. The fraction of sp³-hybridized carbons (Fsp3) is 0.706. The van der Waals surface area contributed by atoms with E-state index in [-0.39, 0.29) is 6.47 Å². The van der Waals surface area contributed by atoms with Crippen molar-refractivity contribution in [2.75, 3.05) is 45.2 Å². The third-order valence-electron chi connectivity index (χ3n) is 4.27. The molecular weight excluding hydrogens is 322 g/mol. The first kappa shape index (κ1) is 19.6. The summed E-state index contributed by atoms with van der Waals surface area (Å²) in [5, 5.41) is 10.1. The molecule has 2 aliphatic rings. The lowest BCUT2D eigenvalue weighted by molar-refractivity contribution is -0.122. The van der Waals surface area contributed by atoms with E-state index in [0.29, 0.717) is 23.9 Å². The zero-order valence-electron chi connectivity index (χ0n) is 15.3. The molecule has 2 atom stereocenters. The minimum Gasteiger partial charge on any atom is -0.483 e. The highest BCUT2D eigenvalue weighted by Crippen LogP contribution is 2.20. The number of nitrogens with zero attached hydrogens (tertiary/aromatic N) is 4. The highest BCUT2D eigenvalue weighted by Gasteiger charge is 2.31. The Morgan fingerprint density at radius 2 is 2.00 bits per heavy atom. The van der Waals surface area contributed by atoms with Crippen molar-refractivity contribution in [3.05, 3.63) is 18.0 Å². The van der Waals surface area contributed by atoms with Crippen molar-refractivity contribution < 1.29 is 14.6 Å². The van der Waals surface area contributed by atoms with Gasteiger partial charge in [-0.15, -0.1) is 0 Å². The van der Waals surface area contributed by atoms with Crippen LogP contribution in [0.15, 0.2) is 12.4 Å². The van der Waals surface area contributed by atoms with Crippen LogP contribution in [0.4, 0.5) is 5.95 Å². The summed E-state index contributed by atoms with van der Waals surface area (Å²) in [5.41, 5.74) is 1.17. The number of hydrogen-bond acceptors (Lipinski definition) is 7. The molecule has 3 rings (SSSR count). The van der Waals surface area contributed by atoms with Gasteiger partial charge < -0.3 is 20.1 Å². The molecule has 25 heavy (non-hydrogen) atoms. The maximum atomic E-state index is 8.36. The Labute approximate surface area is 149 Å². The molecule has 0 spiro atoms. The Morgan fingerprint density at radius 1 is 1.32 bits per heavy atom. The Balaban J connectivity index is 0.000000701. The number of ether oxygens (including phenoxy) is 1. The van der Waals surface area contributed by atoms with Crippen molar-refractivity contribution in [1.29, 1.82) is 0 Å². The van der Waals surface area contributed by atoms with Crippen LogP contribution in [0.1, 0.15) is 19.4 Å². The fourth-order valence-electron chi connectivity index (χ4n) is 3.36. The van der Waals surface area contributed by atoms with Crippen molar-refractivity contribution in [1.82, 2.24) is 19.8 Å². The summed E-state index contributed by atoms with van der Waals surface area (Å²) in [7, 11) is 2.21. The standard InChI is InChI=1S/C16H27N5O.CH2O2/c1-12(2)19-16-17-4-13(5-18-16)7-21-8-14-6-20(3)9-15(21)11-22-10-14;2-1-3/h4-5,12,14-15H,6-11H2,1-3H3,(H,17,18,19);1H,(H,2,3)/t14-,15-;/m0./s1. The van der Waals surface area contributed by atoms with E-state index in [2.05, 4.69) is 46.0 Å². The van der Waals surface area contributed by atoms with Crippen molar-refractivity contribution >= 4 is 12.4 Å². The van der Waals surface area contributed by atoms with Gasteiger partial charge in [-0.1, -0.05) is 0 Å². The molecule has 8 heteroatoms. The molecule has 0 aliphatic carbocycles. The van der Waals surface area contributed by atoms with E-state index in [1.54, 1.807) is 0 Å². The van der Waals surface area contributed by atoms with Crippen LogP contribution in [0, 0.1) is 5.92 Å². The number of rotatable bonds is 4. The third kappa shape index (κ3) is 6.22. The lowest BCUT2D eigenvalue weighted by Gasteiger charge is -2.29. The van der Waals surface area contributed by atoms with Crippen LogP contribution in [-0.2, 0) is 16.1 Å². The van der Waals surface area contributed by atoms with Gasteiger partial charge in [0.25, 0.3) is 6.47 Å². The van der Waals surface area contributed by atoms with Gasteiger partial charge in [-0.05, 0) is 20.9 Å². The highest BCUT2D eigenvalue weighted by molar-refractivity contribution is 5.32. The summed E-state index contributed by atoms with van der Waals surface area (Å²) < 4.78 is 5.83. The molecule has 2 saturated heterocycles. The van der Waals surface area contributed by atoms with Gasteiger partial charge in [-0.2, -0.15) is 0 Å². The number of nitrogens with one attached hydrogen (secondary N) is 1. The van der Waals surface area contributed by atoms with Gasteiger partial charge in [0, 0.05) is 62.1 Å². The van der Waals surface area contributed by atoms with E-state index in [0.717, 1.165) is 39.4 Å². The summed E-state index contributed by atoms with van der Waals surface area (Å²) in [6.45, 7) is 9.84. The van der Waals surface area contributed by atoms with Crippen LogP contribution in [0.2, 0.25) is 0 Å². The molecule has 0 saturated carbocycles. The third-order valence-corrected chi connectivity index (χ3v) is 4.27. The Morgan fingerprint density at radius 3 is 2.64 bits per heavy atom. The number of anilines is 1. The average Bonchev–Trinajstić information content (AvgIpc) is 2.79. The molecule has 3 heterocycles. The van der Waals surface area contributed by atoms with E-state index in [9.17, 15) is 0 Å². The Hall–Kier alpha value is -1.77. The molecule has 0 radical (unpaired) electrons. The zero-order chi connectivity index (χ0) is 18.2. The van der Waals surface area contributed by atoms with E-state index >= 15 is 0 Å². The molecule has 2 fully saturated rings. The van der Waals surface area contributed by atoms with Gasteiger partial charge in [0.1, 0.15) is 0 Å². The zero-order valence-corrected chi connectivity index (χ0v) is 15.3. The average molecular weight is 351 g/mol. The first-order valence-corrected chi connectivity index (χ1v) is 8.67. The molecule has 2 N–H and O–H groups in total. The predicted molar refractivity (Wildman–Crippen MR) is 95.5 cm³/mol. The van der Waals surface area contributed by atoms with Crippen LogP contribution in [-0.4, -0.2) is 83.3 Å². The minimum atomic E-state index is -0.250. The molecule has 0 aromatic carbocycles. The number of fused-ring (bicyclic) bond motifs is 3. The second-order valence-electron chi connectivity index (χ2n) is 7.03. The molecule has 1 aromatic rings. The number of hydrogen-bond donors (Lipinski definition) is 2. The van der Waals surface area contributed by atoms with Crippen molar-refractivity contribution in [3.8, 4) is 0 Å². The van der Waals surface area contributed by atoms with E-state index in [4.69, 9.17) is 14.6 Å². The maximum Gasteiger partial charge on any atom is 0.290 e. The summed E-state index contributed by atoms with van der Waals surface area (Å²) in [6.07, 6.45) is 3.88. The van der Waals surface area contributed by atoms with Gasteiger partial charge >= 0.3 is 0 Å². The molecule has 140 valence electrons. The molecule has 0 unspecified atom stereocenters. The number of carboxylic acid groups (broad SMARTS) is 1. The summed E-state index contributed by atoms with van der Waals surface area (Å²) in [4.78, 5) is 22.2. The highest BCUT2D eigenvalue weighted by atomic mass is 16.5. The van der Waals surface area contributed by atoms with Gasteiger partial charge in [-0.25, -0.2) is 9.97 Å². The monoisotopic (exact) mass is 351 g/mol. The topological polar surface area (TPSA) is 90.8 Å². The lowest BCUT2D eigenvalue weighted by atomic mass is 10.1. The maximum absolute atomic E-state index is 8.36. The Kier molecular flexibility index (Phi) is 7.54. The van der Waals surface area contributed by atoms with Crippen molar-refractivity contribution in [2.24, 2.45) is 5.92 Å². The summed E-state index contributed by atoms with van der Waals surface area (Å²) >= 11 is 0. The first-order chi connectivity index (χ1) is 12.0. The fourth-order valence-corrected chi connectivity index (χ4v) is 3.36. The van der Waals surface area contributed by atoms with E-state index in [1.807, 2.05) is 12.4 Å². The molecule has 2 bridgehead atoms. The van der Waals surface area contributed by atoms with Crippen LogP contribution < -0.4 is 5.32 Å². The number of carbonyl (C=O) groups is 1. The molecule has 1 aromatic heterocycles. The second kappa shape index (κ2) is 9.65. The van der Waals surface area contributed by atoms with Crippen LogP contribution in [0.3, 0.4) is 0 Å². The van der Waals surface area contributed by atoms with Crippen LogP contribution in [0.5, 0.6) is 0 Å². The molecule has 2 aliphatic heterocycles. The van der Waals surface area contributed by atoms with E-state index < -0.39 is 0 Å². The largest absolute Gasteiger partial charge is 0.483 e. The van der Waals surface area contributed by atoms with E-state index in [1.165, 1.54) is 5.56 Å². The normalized spacial score (nSPS) is 24.2. The van der Waals surface area contributed by atoms with Crippen LogP contribution in [0.25, 0.3) is 0 Å². The summed E-state index contributed by atoms with van der Waals surface area (Å²) in [6, 6.07) is 0.814. The van der Waals surface area contributed by atoms with Crippen LogP contribution >= 0.6 is 0 Å². The van der Waals surface area contributed by atoms with Gasteiger partial charge in [0.2, 0.25) is 5.95 Å². The summed E-state index contributed by atoms with van der Waals surface area (Å²) in [5.74, 6) is 1.30. The van der Waals surface area contributed by atoms with Crippen molar-refractivity contribution in [3.63, 3.8) is 0 Å². The smallest absolute Gasteiger partial charge is 0.290 e. The Bertz CT molecular complexity index is 526. The second-order valence-corrected chi connectivity index (χ2v) is 7.03. The predicted octanol–water partition coefficient (Wildman–Crippen LogP) is 0.760.